The van der Waals surface area contributed by atoms with Crippen LogP contribution in [0.2, 0.25) is 0 Å². The highest BCUT2D eigenvalue weighted by atomic mass is 15.1. The van der Waals surface area contributed by atoms with Crippen molar-refractivity contribution in [1.82, 2.24) is 15.0 Å². The van der Waals surface area contributed by atoms with E-state index in [9.17, 15) is 0 Å². The van der Waals surface area contributed by atoms with E-state index in [4.69, 9.17) is 0 Å². The van der Waals surface area contributed by atoms with Crippen LogP contribution < -0.4 is 10.6 Å². The number of nitrogens with one attached hydrogen (secondary N) is 2. The van der Waals surface area contributed by atoms with Gasteiger partial charge in [-0.05, 0) is 31.0 Å². The molecule has 0 fully saturated rings. The highest BCUT2D eigenvalue weighted by Crippen LogP contribution is 2.23. The van der Waals surface area contributed by atoms with Crippen molar-refractivity contribution in [2.45, 2.75) is 13.3 Å². The first-order valence-electron chi connectivity index (χ1n) is 9.02. The van der Waals surface area contributed by atoms with E-state index in [1.54, 1.807) is 6.20 Å². The van der Waals surface area contributed by atoms with Crippen molar-refractivity contribution in [3.05, 3.63) is 84.2 Å². The molecule has 0 spiro atoms. The standard InChI is InChI=1S/C22H21N5/c1-16-15-20(23-14-12-17-7-3-2-4-8-17)27-22(25-16)26-19-11-5-9-18-10-6-13-24-21(18)19/h2-11,13,15H,12,14H2,1H3,(H2,23,25,26,27). The number of benzene rings is 2. The van der Waals surface area contributed by atoms with Gasteiger partial charge in [0.2, 0.25) is 5.95 Å². The van der Waals surface area contributed by atoms with E-state index in [1.807, 2.05) is 49.4 Å². The van der Waals surface area contributed by atoms with Gasteiger partial charge in [0.05, 0.1) is 11.2 Å². The van der Waals surface area contributed by atoms with Gasteiger partial charge in [0.15, 0.2) is 0 Å². The Morgan fingerprint density at radius 1 is 0.889 bits per heavy atom. The second-order valence-electron chi connectivity index (χ2n) is 6.39. The maximum Gasteiger partial charge on any atom is 0.229 e. The van der Waals surface area contributed by atoms with E-state index in [-0.39, 0.29) is 0 Å². The molecule has 0 aliphatic rings. The zero-order chi connectivity index (χ0) is 18.5. The number of para-hydroxylation sites is 1. The maximum absolute atomic E-state index is 4.61. The minimum atomic E-state index is 0.565. The fourth-order valence-corrected chi connectivity index (χ4v) is 3.02. The van der Waals surface area contributed by atoms with E-state index in [0.717, 1.165) is 41.1 Å². The van der Waals surface area contributed by atoms with Crippen LogP contribution in [0.1, 0.15) is 11.3 Å². The summed E-state index contributed by atoms with van der Waals surface area (Å²) >= 11 is 0. The van der Waals surface area contributed by atoms with Crippen molar-refractivity contribution in [2.75, 3.05) is 17.2 Å². The first kappa shape index (κ1) is 17.0. The molecule has 27 heavy (non-hydrogen) atoms. The molecule has 2 aromatic carbocycles. The van der Waals surface area contributed by atoms with Gasteiger partial charge in [-0.1, -0.05) is 48.5 Å². The fourth-order valence-electron chi connectivity index (χ4n) is 3.02. The molecule has 0 saturated heterocycles. The van der Waals surface area contributed by atoms with Gasteiger partial charge in [0.1, 0.15) is 5.82 Å². The van der Waals surface area contributed by atoms with Crippen LogP contribution in [0, 0.1) is 6.92 Å². The van der Waals surface area contributed by atoms with Gasteiger partial charge in [-0.2, -0.15) is 4.98 Å². The Balaban J connectivity index is 1.50. The third-order valence-electron chi connectivity index (χ3n) is 4.30. The minimum absolute atomic E-state index is 0.565. The molecule has 0 amide bonds. The lowest BCUT2D eigenvalue weighted by molar-refractivity contribution is 0.995. The second kappa shape index (κ2) is 7.83. The smallest absolute Gasteiger partial charge is 0.229 e. The summed E-state index contributed by atoms with van der Waals surface area (Å²) in [7, 11) is 0. The van der Waals surface area contributed by atoms with Crippen LogP contribution in [0.4, 0.5) is 17.5 Å². The Bertz CT molecular complexity index is 1040. The van der Waals surface area contributed by atoms with Crippen LogP contribution in [-0.4, -0.2) is 21.5 Å². The summed E-state index contributed by atoms with van der Waals surface area (Å²) in [6, 6.07) is 22.4. The lowest BCUT2D eigenvalue weighted by atomic mass is 10.1. The number of aromatic nitrogens is 3. The molecular weight excluding hydrogens is 334 g/mol. The Morgan fingerprint density at radius 3 is 2.63 bits per heavy atom. The van der Waals surface area contributed by atoms with Crippen LogP contribution in [0.5, 0.6) is 0 Å². The number of anilines is 3. The van der Waals surface area contributed by atoms with E-state index in [0.29, 0.717) is 5.95 Å². The van der Waals surface area contributed by atoms with E-state index in [1.165, 1.54) is 5.56 Å². The number of pyridine rings is 1. The third-order valence-corrected chi connectivity index (χ3v) is 4.30. The zero-order valence-corrected chi connectivity index (χ0v) is 15.2. The molecule has 0 atom stereocenters. The molecule has 5 heteroatoms. The van der Waals surface area contributed by atoms with E-state index >= 15 is 0 Å². The van der Waals surface area contributed by atoms with Crippen LogP contribution in [0.15, 0.2) is 72.9 Å². The predicted molar refractivity (Wildman–Crippen MR) is 110 cm³/mol. The average Bonchev–Trinajstić information content (AvgIpc) is 2.69. The number of aryl methyl sites for hydroxylation is 1. The number of nitrogens with zero attached hydrogens (tertiary/aromatic N) is 3. The van der Waals surface area contributed by atoms with Gasteiger partial charge in [-0.3, -0.25) is 4.98 Å². The van der Waals surface area contributed by atoms with Gasteiger partial charge in [-0.15, -0.1) is 0 Å². The van der Waals surface area contributed by atoms with Crippen LogP contribution >= 0.6 is 0 Å². The summed E-state index contributed by atoms with van der Waals surface area (Å²) in [6.07, 6.45) is 2.74. The largest absolute Gasteiger partial charge is 0.370 e. The van der Waals surface area contributed by atoms with Gasteiger partial charge >= 0.3 is 0 Å². The highest BCUT2D eigenvalue weighted by Gasteiger charge is 2.06. The van der Waals surface area contributed by atoms with Crippen molar-refractivity contribution < 1.29 is 0 Å². The molecule has 2 aromatic heterocycles. The Morgan fingerprint density at radius 2 is 1.74 bits per heavy atom. The Kier molecular flexibility index (Phi) is 4.92. The molecule has 0 unspecified atom stereocenters. The SMILES string of the molecule is Cc1cc(NCCc2ccccc2)nc(Nc2cccc3cccnc23)n1. The predicted octanol–water partition coefficient (Wildman–Crippen LogP) is 4.73. The zero-order valence-electron chi connectivity index (χ0n) is 15.2. The van der Waals surface area contributed by atoms with E-state index in [2.05, 4.69) is 49.9 Å². The van der Waals surface area contributed by atoms with Crippen molar-refractivity contribution in [3.8, 4) is 0 Å². The molecule has 4 aromatic rings. The Hall–Kier alpha value is -3.47. The van der Waals surface area contributed by atoms with Gasteiger partial charge in [-0.25, -0.2) is 4.98 Å². The minimum Gasteiger partial charge on any atom is -0.370 e. The molecule has 134 valence electrons. The first-order valence-corrected chi connectivity index (χ1v) is 9.02. The van der Waals surface area contributed by atoms with E-state index < -0.39 is 0 Å². The number of fused-ring (bicyclic) bond motifs is 1. The fraction of sp³-hybridized carbons (Fsp3) is 0.136. The molecule has 5 nitrogen and oxygen atoms in total. The highest BCUT2D eigenvalue weighted by molar-refractivity contribution is 5.91. The molecule has 2 heterocycles. The molecule has 2 N–H and O–H groups in total. The average molecular weight is 355 g/mol. The van der Waals surface area contributed by atoms with Gasteiger partial charge < -0.3 is 10.6 Å². The van der Waals surface area contributed by atoms with Crippen molar-refractivity contribution in [2.24, 2.45) is 0 Å². The molecule has 0 aliphatic heterocycles. The molecule has 0 saturated carbocycles. The van der Waals surface area contributed by atoms with Gasteiger partial charge in [0, 0.05) is 29.9 Å². The maximum atomic E-state index is 4.61. The van der Waals surface area contributed by atoms with Gasteiger partial charge in [0.25, 0.3) is 0 Å². The second-order valence-corrected chi connectivity index (χ2v) is 6.39. The number of rotatable bonds is 6. The molecule has 0 bridgehead atoms. The summed E-state index contributed by atoms with van der Waals surface area (Å²) in [4.78, 5) is 13.6. The lowest BCUT2D eigenvalue weighted by Gasteiger charge is -2.11. The summed E-state index contributed by atoms with van der Waals surface area (Å²) in [5.74, 6) is 1.38. The monoisotopic (exact) mass is 355 g/mol. The molecule has 0 aliphatic carbocycles. The third kappa shape index (κ3) is 4.20. The van der Waals surface area contributed by atoms with Crippen LogP contribution in [0.25, 0.3) is 10.9 Å². The van der Waals surface area contributed by atoms with Crippen molar-refractivity contribution in [3.63, 3.8) is 0 Å². The number of hydrogen-bond donors (Lipinski definition) is 2. The summed E-state index contributed by atoms with van der Waals surface area (Å²) in [5.41, 5.74) is 4.01. The van der Waals surface area contributed by atoms with Crippen molar-refractivity contribution >= 4 is 28.4 Å². The topological polar surface area (TPSA) is 62.7 Å². The molecule has 4 rings (SSSR count). The summed E-state index contributed by atoms with van der Waals surface area (Å²) in [6.45, 7) is 2.78. The lowest BCUT2D eigenvalue weighted by Crippen LogP contribution is -2.08. The normalized spacial score (nSPS) is 10.7. The molecular formula is C22H21N5. The van der Waals surface area contributed by atoms with Crippen LogP contribution in [0.3, 0.4) is 0 Å². The summed E-state index contributed by atoms with van der Waals surface area (Å²) < 4.78 is 0. The summed E-state index contributed by atoms with van der Waals surface area (Å²) in [5, 5.41) is 7.78. The van der Waals surface area contributed by atoms with Crippen molar-refractivity contribution in [1.29, 1.82) is 0 Å². The molecule has 0 radical (unpaired) electrons. The number of hydrogen-bond acceptors (Lipinski definition) is 5. The quantitative estimate of drug-likeness (QED) is 0.523. The first-order chi connectivity index (χ1) is 13.3. The van der Waals surface area contributed by atoms with Crippen LogP contribution in [-0.2, 0) is 6.42 Å². The Labute approximate surface area is 158 Å².